The highest BCUT2D eigenvalue weighted by Crippen LogP contribution is 2.34. The van der Waals surface area contributed by atoms with Crippen molar-refractivity contribution in [3.63, 3.8) is 0 Å². The van der Waals surface area contributed by atoms with E-state index in [-0.39, 0.29) is 0 Å². The number of hydrogen-bond acceptors (Lipinski definition) is 4. The van der Waals surface area contributed by atoms with Gasteiger partial charge in [0.15, 0.2) is 0 Å². The second-order valence-corrected chi connectivity index (χ2v) is 7.51. The van der Waals surface area contributed by atoms with Gasteiger partial charge >= 0.3 is 0 Å². The van der Waals surface area contributed by atoms with Crippen LogP contribution in [0.15, 0.2) is 16.7 Å². The molecular weight excluding hydrogens is 288 g/mol. The molecule has 3 aliphatic rings. The summed E-state index contributed by atoms with van der Waals surface area (Å²) in [6.45, 7) is 5.46. The van der Waals surface area contributed by atoms with Crippen molar-refractivity contribution in [1.82, 2.24) is 10.2 Å². The van der Waals surface area contributed by atoms with Crippen molar-refractivity contribution in [2.75, 3.05) is 32.8 Å². The number of aryl methyl sites for hydroxylation is 1. The summed E-state index contributed by atoms with van der Waals surface area (Å²) in [6, 6.07) is 2.64. The van der Waals surface area contributed by atoms with Crippen LogP contribution in [0.25, 0.3) is 0 Å². The van der Waals surface area contributed by atoms with E-state index in [4.69, 9.17) is 9.15 Å². The average Bonchev–Trinajstić information content (AvgIpc) is 3.11. The lowest BCUT2D eigenvalue weighted by molar-refractivity contribution is -0.0370. The van der Waals surface area contributed by atoms with E-state index in [1.54, 1.807) is 0 Å². The molecule has 1 aliphatic carbocycles. The summed E-state index contributed by atoms with van der Waals surface area (Å²) in [7, 11) is 0. The fraction of sp³-hybridized carbons (Fsp3) is 0.789. The quantitative estimate of drug-likeness (QED) is 0.924. The topological polar surface area (TPSA) is 37.6 Å². The number of ether oxygens (including phenoxy) is 1. The summed E-state index contributed by atoms with van der Waals surface area (Å²) in [6.07, 6.45) is 11.9. The summed E-state index contributed by atoms with van der Waals surface area (Å²) in [5.74, 6) is 1.20. The molecule has 128 valence electrons. The van der Waals surface area contributed by atoms with E-state index < -0.39 is 0 Å². The lowest BCUT2D eigenvalue weighted by Crippen LogP contribution is -2.59. The molecule has 0 bridgehead atoms. The maximum absolute atomic E-state index is 5.68. The van der Waals surface area contributed by atoms with Gasteiger partial charge in [-0.15, -0.1) is 0 Å². The lowest BCUT2D eigenvalue weighted by atomic mass is 9.85. The molecule has 0 amide bonds. The second kappa shape index (κ2) is 6.96. The summed E-state index contributed by atoms with van der Waals surface area (Å²) < 4.78 is 11.3. The Labute approximate surface area is 139 Å². The maximum atomic E-state index is 5.68. The van der Waals surface area contributed by atoms with Crippen molar-refractivity contribution >= 4 is 0 Å². The van der Waals surface area contributed by atoms with Gasteiger partial charge in [0.2, 0.25) is 0 Å². The van der Waals surface area contributed by atoms with E-state index in [1.807, 2.05) is 6.26 Å². The number of nitrogens with one attached hydrogen (secondary N) is 1. The first-order chi connectivity index (χ1) is 11.4. The van der Waals surface area contributed by atoms with Crippen LogP contribution in [0.4, 0.5) is 0 Å². The van der Waals surface area contributed by atoms with Crippen molar-refractivity contribution < 1.29 is 9.15 Å². The molecule has 2 fully saturated rings. The van der Waals surface area contributed by atoms with E-state index in [2.05, 4.69) is 16.3 Å². The van der Waals surface area contributed by atoms with E-state index in [1.165, 1.54) is 69.4 Å². The van der Waals surface area contributed by atoms with Gasteiger partial charge in [0, 0.05) is 43.3 Å². The molecule has 3 heterocycles. The Bertz CT molecular complexity index is 501. The van der Waals surface area contributed by atoms with E-state index in [9.17, 15) is 0 Å². The number of likely N-dealkylation sites (tertiary alicyclic amines) is 1. The van der Waals surface area contributed by atoms with Gasteiger partial charge in [0.1, 0.15) is 5.76 Å². The number of piperidine rings is 1. The van der Waals surface area contributed by atoms with Gasteiger partial charge in [-0.05, 0) is 57.7 Å². The number of rotatable bonds is 4. The minimum atomic E-state index is 0.306. The zero-order valence-corrected chi connectivity index (χ0v) is 14.2. The second-order valence-electron chi connectivity index (χ2n) is 7.51. The van der Waals surface area contributed by atoms with Crippen molar-refractivity contribution in [2.24, 2.45) is 0 Å². The van der Waals surface area contributed by atoms with Crippen LogP contribution in [-0.4, -0.2) is 43.3 Å². The molecular formula is C19H30N2O2. The highest BCUT2D eigenvalue weighted by atomic mass is 16.5. The molecule has 4 rings (SSSR count). The van der Waals surface area contributed by atoms with E-state index >= 15 is 0 Å². The van der Waals surface area contributed by atoms with E-state index in [0.29, 0.717) is 11.6 Å². The van der Waals surface area contributed by atoms with Crippen LogP contribution < -0.4 is 5.32 Å². The standard InChI is InChI=1S/C19H30N2O2/c1-2-10-21(11-3-1)19(8-13-22-14-9-19)15-20-17-5-4-6-18-16(17)7-12-23-18/h7,12,17,20H,1-6,8-11,13-15H2/t17-/m1/s1. The van der Waals surface area contributed by atoms with Crippen LogP contribution in [0.5, 0.6) is 0 Å². The third kappa shape index (κ3) is 3.21. The summed E-state index contributed by atoms with van der Waals surface area (Å²) in [4.78, 5) is 2.77. The van der Waals surface area contributed by atoms with Crippen molar-refractivity contribution in [3.05, 3.63) is 23.7 Å². The Hall–Kier alpha value is -0.840. The zero-order chi connectivity index (χ0) is 15.5. The molecule has 1 aromatic heterocycles. The fourth-order valence-electron chi connectivity index (χ4n) is 4.74. The molecule has 2 saturated heterocycles. The number of fused-ring (bicyclic) bond motifs is 1. The molecule has 4 nitrogen and oxygen atoms in total. The Morgan fingerprint density at radius 1 is 1.13 bits per heavy atom. The van der Waals surface area contributed by atoms with Crippen LogP contribution in [0.2, 0.25) is 0 Å². The van der Waals surface area contributed by atoms with Crippen LogP contribution in [0, 0.1) is 0 Å². The number of furan rings is 1. The van der Waals surface area contributed by atoms with Gasteiger partial charge in [0.05, 0.1) is 6.26 Å². The third-order valence-electron chi connectivity index (χ3n) is 6.18. The molecule has 0 saturated carbocycles. The number of nitrogens with zero attached hydrogens (tertiary/aromatic N) is 1. The predicted molar refractivity (Wildman–Crippen MR) is 90.6 cm³/mol. The fourth-order valence-corrected chi connectivity index (χ4v) is 4.74. The largest absolute Gasteiger partial charge is 0.469 e. The van der Waals surface area contributed by atoms with Gasteiger partial charge in [0.25, 0.3) is 0 Å². The molecule has 1 atom stereocenters. The predicted octanol–water partition coefficient (Wildman–Crippen LogP) is 3.28. The van der Waals surface area contributed by atoms with E-state index in [0.717, 1.165) is 26.2 Å². The molecule has 0 aromatic carbocycles. The van der Waals surface area contributed by atoms with Crippen LogP contribution in [0.1, 0.15) is 62.3 Å². The Kier molecular flexibility index (Phi) is 4.74. The lowest BCUT2D eigenvalue weighted by Gasteiger charge is -2.49. The Balaban J connectivity index is 1.46. The smallest absolute Gasteiger partial charge is 0.108 e. The minimum Gasteiger partial charge on any atom is -0.469 e. The van der Waals surface area contributed by atoms with Gasteiger partial charge < -0.3 is 14.5 Å². The highest BCUT2D eigenvalue weighted by molar-refractivity contribution is 5.24. The van der Waals surface area contributed by atoms with Crippen LogP contribution in [0.3, 0.4) is 0 Å². The molecule has 0 radical (unpaired) electrons. The first kappa shape index (κ1) is 15.7. The van der Waals surface area contributed by atoms with Crippen molar-refractivity contribution in [2.45, 2.75) is 62.9 Å². The zero-order valence-electron chi connectivity index (χ0n) is 14.2. The van der Waals surface area contributed by atoms with Crippen LogP contribution in [-0.2, 0) is 11.2 Å². The van der Waals surface area contributed by atoms with Gasteiger partial charge in [-0.2, -0.15) is 0 Å². The Morgan fingerprint density at radius 2 is 1.96 bits per heavy atom. The molecule has 0 spiro atoms. The summed E-state index contributed by atoms with van der Waals surface area (Å²) >= 11 is 0. The average molecular weight is 318 g/mol. The van der Waals surface area contributed by atoms with Crippen molar-refractivity contribution in [3.8, 4) is 0 Å². The monoisotopic (exact) mass is 318 g/mol. The normalized spacial score (nSPS) is 28.4. The summed E-state index contributed by atoms with van der Waals surface area (Å²) in [5.41, 5.74) is 1.71. The van der Waals surface area contributed by atoms with Crippen molar-refractivity contribution in [1.29, 1.82) is 0 Å². The first-order valence-electron chi connectivity index (χ1n) is 9.50. The SMILES string of the molecule is c1cc2c(o1)CCC[C@H]2NCC1(N2CCCCC2)CCOCC1. The molecule has 1 N–H and O–H groups in total. The van der Waals surface area contributed by atoms with Gasteiger partial charge in [-0.25, -0.2) is 0 Å². The number of hydrogen-bond donors (Lipinski definition) is 1. The molecule has 23 heavy (non-hydrogen) atoms. The highest BCUT2D eigenvalue weighted by Gasteiger charge is 2.39. The van der Waals surface area contributed by atoms with Gasteiger partial charge in [-0.1, -0.05) is 6.42 Å². The molecule has 0 unspecified atom stereocenters. The summed E-state index contributed by atoms with van der Waals surface area (Å²) in [5, 5.41) is 3.91. The maximum Gasteiger partial charge on any atom is 0.108 e. The Morgan fingerprint density at radius 3 is 2.78 bits per heavy atom. The molecule has 1 aromatic rings. The molecule has 4 heteroatoms. The molecule has 2 aliphatic heterocycles. The first-order valence-corrected chi connectivity index (χ1v) is 9.50. The van der Waals surface area contributed by atoms with Crippen LogP contribution >= 0.6 is 0 Å². The third-order valence-corrected chi connectivity index (χ3v) is 6.18. The van der Waals surface area contributed by atoms with Gasteiger partial charge in [-0.3, -0.25) is 4.90 Å². The minimum absolute atomic E-state index is 0.306.